The van der Waals surface area contributed by atoms with Crippen LogP contribution in [0, 0.1) is 13.8 Å². The van der Waals surface area contributed by atoms with Crippen molar-refractivity contribution in [3.63, 3.8) is 0 Å². The molecule has 0 saturated carbocycles. The highest BCUT2D eigenvalue weighted by molar-refractivity contribution is 7.92. The molecule has 1 N–H and O–H groups in total. The van der Waals surface area contributed by atoms with E-state index in [0.29, 0.717) is 15.6 Å². The molecule has 226 valence electrons. The number of rotatable bonds is 10. The van der Waals surface area contributed by atoms with Crippen LogP contribution >= 0.6 is 23.2 Å². The van der Waals surface area contributed by atoms with Crippen molar-refractivity contribution in [3.8, 4) is 5.75 Å². The first-order valence-corrected chi connectivity index (χ1v) is 15.5. The van der Waals surface area contributed by atoms with Crippen molar-refractivity contribution in [2.75, 3.05) is 18.0 Å². The van der Waals surface area contributed by atoms with Gasteiger partial charge in [-0.2, -0.15) is 0 Å². The Morgan fingerprint density at radius 2 is 1.55 bits per heavy atom. The van der Waals surface area contributed by atoms with Crippen molar-refractivity contribution in [3.05, 3.63) is 87.4 Å². The zero-order valence-corrected chi connectivity index (χ0v) is 27.2. The van der Waals surface area contributed by atoms with Crippen LogP contribution in [0.1, 0.15) is 44.4 Å². The molecule has 0 fully saturated rings. The van der Waals surface area contributed by atoms with Gasteiger partial charge in [-0.05, 0) is 89.1 Å². The van der Waals surface area contributed by atoms with E-state index < -0.39 is 40.0 Å². The number of hydrogen-bond acceptors (Lipinski definition) is 5. The summed E-state index contributed by atoms with van der Waals surface area (Å²) in [4.78, 5) is 28.8. The highest BCUT2D eigenvalue weighted by Crippen LogP contribution is 2.34. The number of benzene rings is 3. The van der Waals surface area contributed by atoms with E-state index in [2.05, 4.69) is 5.32 Å². The molecule has 0 aliphatic heterocycles. The largest absolute Gasteiger partial charge is 0.495 e. The number of carbonyl (C=O) groups is 2. The molecule has 0 saturated heterocycles. The normalized spacial score (nSPS) is 12.4. The minimum atomic E-state index is -4.24. The summed E-state index contributed by atoms with van der Waals surface area (Å²) in [5, 5.41) is 3.54. The first-order valence-electron chi connectivity index (χ1n) is 13.3. The number of aryl methyl sites for hydroxylation is 2. The summed E-state index contributed by atoms with van der Waals surface area (Å²) in [7, 11) is -2.81. The fraction of sp³-hybridized carbons (Fsp3) is 0.355. The van der Waals surface area contributed by atoms with Gasteiger partial charge < -0.3 is 15.0 Å². The number of sulfonamides is 1. The molecule has 3 aromatic carbocycles. The number of carbonyl (C=O) groups excluding carboxylic acids is 2. The molecule has 8 nitrogen and oxygen atoms in total. The SMILES string of the molecule is COc1ccc(C)cc1N(CC(=O)N(Cc1ccc(Cl)c(Cl)c1)C(C)C(=O)NC(C)(C)C)S(=O)(=O)c1ccc(C)cc1. The van der Waals surface area contributed by atoms with Gasteiger partial charge in [0.05, 0.1) is 27.7 Å². The van der Waals surface area contributed by atoms with Crippen LogP contribution in [0.3, 0.4) is 0 Å². The monoisotopic (exact) mass is 633 g/mol. The van der Waals surface area contributed by atoms with E-state index in [9.17, 15) is 18.0 Å². The average Bonchev–Trinajstić information content (AvgIpc) is 2.91. The molecule has 0 spiro atoms. The lowest BCUT2D eigenvalue weighted by molar-refractivity contribution is -0.140. The van der Waals surface area contributed by atoms with Crippen LogP contribution < -0.4 is 14.4 Å². The fourth-order valence-corrected chi connectivity index (χ4v) is 5.97. The Balaban J connectivity index is 2.12. The van der Waals surface area contributed by atoms with Crippen molar-refractivity contribution < 1.29 is 22.7 Å². The summed E-state index contributed by atoms with van der Waals surface area (Å²) in [6.07, 6.45) is 0. The second-order valence-electron chi connectivity index (χ2n) is 11.2. The first-order chi connectivity index (χ1) is 19.5. The van der Waals surface area contributed by atoms with Gasteiger partial charge in [0.15, 0.2) is 0 Å². The van der Waals surface area contributed by atoms with Crippen LogP contribution in [0.25, 0.3) is 0 Å². The molecule has 1 unspecified atom stereocenters. The van der Waals surface area contributed by atoms with E-state index in [1.54, 1.807) is 55.5 Å². The number of amides is 2. The van der Waals surface area contributed by atoms with Gasteiger partial charge in [-0.15, -0.1) is 0 Å². The summed E-state index contributed by atoms with van der Waals surface area (Å²) < 4.78 is 34.7. The van der Waals surface area contributed by atoms with E-state index >= 15 is 0 Å². The summed E-state index contributed by atoms with van der Waals surface area (Å²) in [6, 6.07) is 15.4. The highest BCUT2D eigenvalue weighted by atomic mass is 35.5. The number of halogens is 2. The zero-order valence-electron chi connectivity index (χ0n) is 24.9. The van der Waals surface area contributed by atoms with Crippen LogP contribution in [0.2, 0.25) is 10.0 Å². The van der Waals surface area contributed by atoms with Crippen LogP contribution in [-0.2, 0) is 26.2 Å². The molecule has 42 heavy (non-hydrogen) atoms. The third-order valence-electron chi connectivity index (χ3n) is 6.49. The van der Waals surface area contributed by atoms with Gasteiger partial charge in [0.2, 0.25) is 11.8 Å². The molecule has 0 aromatic heterocycles. The van der Waals surface area contributed by atoms with Gasteiger partial charge in [0.1, 0.15) is 18.3 Å². The Bertz CT molecular complexity index is 1550. The van der Waals surface area contributed by atoms with E-state index in [1.165, 1.54) is 24.1 Å². The van der Waals surface area contributed by atoms with Crippen molar-refractivity contribution in [2.24, 2.45) is 0 Å². The Labute approximate surface area is 258 Å². The zero-order chi connectivity index (χ0) is 31.4. The van der Waals surface area contributed by atoms with Crippen LogP contribution in [0.4, 0.5) is 5.69 Å². The molecule has 2 amide bonds. The van der Waals surface area contributed by atoms with E-state index in [4.69, 9.17) is 27.9 Å². The molecule has 3 aromatic rings. The standard InChI is InChI=1S/C31H37Cl2N3O5S/c1-20-8-12-24(13-9-20)42(39,40)36(27-16-21(2)10-15-28(27)41-7)19-29(37)35(22(3)30(38)34-31(4,5)6)18-23-11-14-25(32)26(33)17-23/h8-17,22H,18-19H2,1-7H3,(H,34,38). The predicted molar refractivity (Wildman–Crippen MR) is 168 cm³/mol. The summed E-state index contributed by atoms with van der Waals surface area (Å²) in [6.45, 7) is 10.2. The second-order valence-corrected chi connectivity index (χ2v) is 13.9. The van der Waals surface area contributed by atoms with E-state index in [0.717, 1.165) is 15.4 Å². The quantitative estimate of drug-likeness (QED) is 0.289. The van der Waals surface area contributed by atoms with E-state index in [1.807, 2.05) is 34.6 Å². The van der Waals surface area contributed by atoms with Crippen molar-refractivity contribution in [1.29, 1.82) is 0 Å². The van der Waals surface area contributed by atoms with Gasteiger partial charge in [0.25, 0.3) is 10.0 Å². The molecule has 0 radical (unpaired) electrons. The Morgan fingerprint density at radius 3 is 2.12 bits per heavy atom. The molecule has 3 rings (SSSR count). The van der Waals surface area contributed by atoms with Gasteiger partial charge >= 0.3 is 0 Å². The smallest absolute Gasteiger partial charge is 0.264 e. The Kier molecular flexibility index (Phi) is 10.6. The molecule has 0 heterocycles. The lowest BCUT2D eigenvalue weighted by Crippen LogP contribution is -2.54. The number of ether oxygens (including phenoxy) is 1. The fourth-order valence-electron chi connectivity index (χ4n) is 4.24. The van der Waals surface area contributed by atoms with Crippen LogP contribution in [0.15, 0.2) is 65.6 Å². The highest BCUT2D eigenvalue weighted by Gasteiger charge is 2.34. The Hall–Kier alpha value is -3.27. The van der Waals surface area contributed by atoms with Gasteiger partial charge in [-0.25, -0.2) is 8.42 Å². The van der Waals surface area contributed by atoms with Crippen LogP contribution in [-0.4, -0.2) is 50.4 Å². The van der Waals surface area contributed by atoms with Gasteiger partial charge in [-0.1, -0.05) is 53.0 Å². The van der Waals surface area contributed by atoms with Gasteiger partial charge in [0, 0.05) is 12.1 Å². The Morgan fingerprint density at radius 1 is 0.929 bits per heavy atom. The molecule has 0 aliphatic carbocycles. The minimum absolute atomic E-state index is 0.0130. The van der Waals surface area contributed by atoms with E-state index in [-0.39, 0.29) is 22.9 Å². The average molecular weight is 635 g/mol. The third-order valence-corrected chi connectivity index (χ3v) is 9.01. The van der Waals surface area contributed by atoms with Crippen molar-refractivity contribution in [2.45, 2.75) is 64.6 Å². The maximum Gasteiger partial charge on any atom is 0.264 e. The maximum atomic E-state index is 14.2. The molecule has 1 atom stereocenters. The topological polar surface area (TPSA) is 96.0 Å². The molecule has 0 aliphatic rings. The molecule has 11 heteroatoms. The molecule has 0 bridgehead atoms. The number of nitrogens with one attached hydrogen (secondary N) is 1. The summed E-state index contributed by atoms with van der Waals surface area (Å²) >= 11 is 12.3. The van der Waals surface area contributed by atoms with Crippen LogP contribution in [0.5, 0.6) is 5.75 Å². The maximum absolute atomic E-state index is 14.2. The van der Waals surface area contributed by atoms with Crippen molar-refractivity contribution in [1.82, 2.24) is 10.2 Å². The lowest BCUT2D eigenvalue weighted by atomic mass is 10.1. The summed E-state index contributed by atoms with van der Waals surface area (Å²) in [5.41, 5.74) is 1.92. The lowest BCUT2D eigenvalue weighted by Gasteiger charge is -2.34. The molecular formula is C31H37Cl2N3O5S. The minimum Gasteiger partial charge on any atom is -0.495 e. The number of methoxy groups -OCH3 is 1. The number of anilines is 1. The summed E-state index contributed by atoms with van der Waals surface area (Å²) in [5.74, 6) is -0.715. The predicted octanol–water partition coefficient (Wildman–Crippen LogP) is 6.15. The second kappa shape index (κ2) is 13.4. The molecular weight excluding hydrogens is 597 g/mol. The third kappa shape index (κ3) is 8.18. The van der Waals surface area contributed by atoms with Gasteiger partial charge in [-0.3, -0.25) is 13.9 Å². The number of hydrogen-bond donors (Lipinski definition) is 1. The number of nitrogens with zero attached hydrogens (tertiary/aromatic N) is 2. The first kappa shape index (κ1) is 33.2. The van der Waals surface area contributed by atoms with Crippen molar-refractivity contribution >= 4 is 50.7 Å².